The summed E-state index contributed by atoms with van der Waals surface area (Å²) in [7, 11) is 0. The van der Waals surface area contributed by atoms with Crippen molar-refractivity contribution in [2.24, 2.45) is 5.73 Å². The number of primary amides is 1. The Balaban J connectivity index is 4.09. The number of carbonyl (C=O) groups is 2. The Morgan fingerprint density at radius 1 is 1.55 bits per heavy atom. The molecule has 0 heterocycles. The summed E-state index contributed by atoms with van der Waals surface area (Å²) in [5.41, 5.74) is 4.82. The van der Waals surface area contributed by atoms with Crippen LogP contribution in [0.15, 0.2) is 0 Å². The summed E-state index contributed by atoms with van der Waals surface area (Å²) < 4.78 is 0. The van der Waals surface area contributed by atoms with Gasteiger partial charge in [-0.25, -0.2) is 4.79 Å². The zero-order valence-corrected chi connectivity index (χ0v) is 6.75. The van der Waals surface area contributed by atoms with Gasteiger partial charge in [0, 0.05) is 12.3 Å². The number of nitrogens with two attached hydrogens (primary N) is 1. The van der Waals surface area contributed by atoms with Crippen LogP contribution in [0, 0.1) is 0 Å². The maximum atomic E-state index is 10.7. The first-order valence-corrected chi connectivity index (χ1v) is 3.58. The van der Waals surface area contributed by atoms with E-state index in [9.17, 15) is 9.59 Å². The summed E-state index contributed by atoms with van der Waals surface area (Å²) in [6.45, 7) is -0.589. The van der Waals surface area contributed by atoms with E-state index in [0.29, 0.717) is 5.75 Å². The highest BCUT2D eigenvalue weighted by Crippen LogP contribution is 1.89. The molecule has 0 aliphatic carbocycles. The minimum atomic E-state index is -0.863. The normalized spacial score (nSPS) is 9.27. The Morgan fingerprint density at radius 2 is 2.09 bits per heavy atom. The number of hydrogen-bond acceptors (Lipinski definition) is 4. The minimum absolute atomic E-state index is 0.123. The number of nitrogens with zero attached hydrogens (tertiary/aromatic N) is 1. The first-order valence-electron chi connectivity index (χ1n) is 2.95. The molecule has 0 saturated heterocycles. The number of rotatable bonds is 3. The molecule has 5 nitrogen and oxygen atoms in total. The zero-order valence-electron chi connectivity index (χ0n) is 5.86. The molecule has 0 saturated carbocycles. The average Bonchev–Trinajstić information content (AvgIpc) is 1.98. The van der Waals surface area contributed by atoms with Crippen molar-refractivity contribution in [1.29, 1.82) is 0 Å². The molecule has 0 fully saturated rings. The Kier molecular flexibility index (Phi) is 4.64. The molecular formula is C5H10N2O3S. The molecule has 6 heteroatoms. The molecule has 0 radical (unpaired) electrons. The number of imide groups is 1. The topological polar surface area (TPSA) is 83.6 Å². The van der Waals surface area contributed by atoms with Crippen molar-refractivity contribution >= 4 is 24.6 Å². The van der Waals surface area contributed by atoms with Crippen molar-refractivity contribution in [1.82, 2.24) is 4.90 Å². The maximum absolute atomic E-state index is 10.7. The first-order chi connectivity index (χ1) is 5.13. The summed E-state index contributed by atoms with van der Waals surface area (Å²) in [6.07, 6.45) is 0. The second kappa shape index (κ2) is 4.97. The molecule has 3 N–H and O–H groups in total. The van der Waals surface area contributed by atoms with Gasteiger partial charge in [-0.2, -0.15) is 12.6 Å². The number of aliphatic hydroxyl groups excluding tert-OH is 1. The minimum Gasteiger partial charge on any atom is -0.387 e. The van der Waals surface area contributed by atoms with Crippen LogP contribution in [0.5, 0.6) is 0 Å². The lowest BCUT2D eigenvalue weighted by atomic mass is 10.5. The summed E-state index contributed by atoms with van der Waals surface area (Å²) in [6, 6.07) is -0.863. The van der Waals surface area contributed by atoms with Crippen molar-refractivity contribution in [3.8, 4) is 0 Å². The van der Waals surface area contributed by atoms with E-state index in [2.05, 4.69) is 12.6 Å². The van der Waals surface area contributed by atoms with E-state index in [4.69, 9.17) is 10.8 Å². The SMILES string of the molecule is NC(=O)N(CCS)C(=O)CO. The van der Waals surface area contributed by atoms with Gasteiger partial charge < -0.3 is 10.8 Å². The largest absolute Gasteiger partial charge is 0.387 e. The fraction of sp³-hybridized carbons (Fsp3) is 0.600. The molecule has 0 aromatic heterocycles. The number of aliphatic hydroxyl groups is 1. The van der Waals surface area contributed by atoms with E-state index in [1.165, 1.54) is 0 Å². The van der Waals surface area contributed by atoms with Gasteiger partial charge in [-0.3, -0.25) is 9.69 Å². The molecule has 64 valence electrons. The van der Waals surface area contributed by atoms with Crippen LogP contribution >= 0.6 is 12.6 Å². The van der Waals surface area contributed by atoms with Crippen LogP contribution in [0.3, 0.4) is 0 Å². The van der Waals surface area contributed by atoms with E-state index < -0.39 is 18.5 Å². The van der Waals surface area contributed by atoms with Crippen molar-refractivity contribution in [2.45, 2.75) is 0 Å². The molecule has 3 amide bonds. The number of thiol groups is 1. The molecule has 0 aliphatic rings. The van der Waals surface area contributed by atoms with Gasteiger partial charge in [-0.05, 0) is 0 Å². The van der Waals surface area contributed by atoms with Gasteiger partial charge >= 0.3 is 6.03 Å². The Morgan fingerprint density at radius 3 is 2.36 bits per heavy atom. The highest BCUT2D eigenvalue weighted by molar-refractivity contribution is 7.80. The molecule has 0 unspecified atom stereocenters. The van der Waals surface area contributed by atoms with Gasteiger partial charge in [0.2, 0.25) is 0 Å². The van der Waals surface area contributed by atoms with Gasteiger partial charge in [-0.15, -0.1) is 0 Å². The van der Waals surface area contributed by atoms with E-state index in [1.807, 2.05) is 0 Å². The van der Waals surface area contributed by atoms with Crippen LogP contribution in [0.2, 0.25) is 0 Å². The van der Waals surface area contributed by atoms with Crippen LogP contribution in [0.4, 0.5) is 4.79 Å². The third-order valence-electron chi connectivity index (χ3n) is 1.03. The van der Waals surface area contributed by atoms with Crippen LogP contribution in [-0.2, 0) is 4.79 Å². The lowest BCUT2D eigenvalue weighted by Crippen LogP contribution is -2.43. The first kappa shape index (κ1) is 10.2. The van der Waals surface area contributed by atoms with Crippen molar-refractivity contribution in [2.75, 3.05) is 18.9 Å². The van der Waals surface area contributed by atoms with Gasteiger partial charge in [0.15, 0.2) is 0 Å². The highest BCUT2D eigenvalue weighted by atomic mass is 32.1. The third-order valence-corrected chi connectivity index (χ3v) is 1.23. The summed E-state index contributed by atoms with van der Waals surface area (Å²) >= 11 is 3.80. The lowest BCUT2D eigenvalue weighted by molar-refractivity contribution is -0.130. The zero-order chi connectivity index (χ0) is 8.85. The van der Waals surface area contributed by atoms with Crippen LogP contribution in [0.1, 0.15) is 0 Å². The fourth-order valence-corrected chi connectivity index (χ4v) is 0.743. The summed E-state index contributed by atoms with van der Waals surface area (Å²) in [4.78, 5) is 21.9. The lowest BCUT2D eigenvalue weighted by Gasteiger charge is -2.15. The van der Waals surface area contributed by atoms with Crippen LogP contribution in [0.25, 0.3) is 0 Å². The molecule has 0 spiro atoms. The fourth-order valence-electron chi connectivity index (χ4n) is 0.543. The van der Waals surface area contributed by atoms with E-state index in [0.717, 1.165) is 4.90 Å². The molecule has 0 rings (SSSR count). The van der Waals surface area contributed by atoms with Crippen molar-refractivity contribution < 1.29 is 14.7 Å². The standard InChI is InChI=1S/C5H10N2O3S/c6-5(10)7(1-2-11)4(9)3-8/h8,11H,1-3H2,(H2,6,10). The van der Waals surface area contributed by atoms with E-state index >= 15 is 0 Å². The molecule has 11 heavy (non-hydrogen) atoms. The third kappa shape index (κ3) is 3.24. The van der Waals surface area contributed by atoms with E-state index in [1.54, 1.807) is 0 Å². The second-order valence-corrected chi connectivity index (χ2v) is 2.21. The Labute approximate surface area is 69.6 Å². The predicted octanol–water partition coefficient (Wildman–Crippen LogP) is -1.18. The predicted molar refractivity (Wildman–Crippen MR) is 42.2 cm³/mol. The molecule has 0 bridgehead atoms. The molecule has 0 atom stereocenters. The second-order valence-electron chi connectivity index (χ2n) is 1.77. The van der Waals surface area contributed by atoms with Crippen LogP contribution < -0.4 is 5.73 Å². The van der Waals surface area contributed by atoms with Crippen LogP contribution in [-0.4, -0.2) is 40.8 Å². The number of carbonyl (C=O) groups excluding carboxylic acids is 2. The average molecular weight is 178 g/mol. The van der Waals surface area contributed by atoms with E-state index in [-0.39, 0.29) is 6.54 Å². The highest BCUT2D eigenvalue weighted by Gasteiger charge is 2.15. The van der Waals surface area contributed by atoms with Crippen molar-refractivity contribution in [3.63, 3.8) is 0 Å². The quantitative estimate of drug-likeness (QED) is 0.475. The number of hydrogen-bond donors (Lipinski definition) is 3. The Hall–Kier alpha value is -0.750. The van der Waals surface area contributed by atoms with Gasteiger partial charge in [0.05, 0.1) is 0 Å². The molecule has 0 aromatic rings. The number of amides is 3. The molecule has 0 aliphatic heterocycles. The smallest absolute Gasteiger partial charge is 0.321 e. The summed E-state index contributed by atoms with van der Waals surface area (Å²) in [5, 5.41) is 8.36. The van der Waals surface area contributed by atoms with Crippen molar-refractivity contribution in [3.05, 3.63) is 0 Å². The molecular weight excluding hydrogens is 168 g/mol. The van der Waals surface area contributed by atoms with Gasteiger partial charge in [-0.1, -0.05) is 0 Å². The molecule has 0 aromatic carbocycles. The maximum Gasteiger partial charge on any atom is 0.321 e. The van der Waals surface area contributed by atoms with Gasteiger partial charge in [0.1, 0.15) is 6.61 Å². The number of urea groups is 1. The summed E-state index contributed by atoms with van der Waals surface area (Å²) in [5.74, 6) is -0.374. The van der Waals surface area contributed by atoms with Gasteiger partial charge in [0.25, 0.3) is 5.91 Å². The monoisotopic (exact) mass is 178 g/mol. The Bertz CT molecular complexity index is 162.